The van der Waals surface area contributed by atoms with Crippen LogP contribution in [0.15, 0.2) is 10.7 Å². The number of rotatable bonds is 3. The van der Waals surface area contributed by atoms with Gasteiger partial charge in [0.2, 0.25) is 5.89 Å². The van der Waals surface area contributed by atoms with Crippen LogP contribution in [0, 0.1) is 6.92 Å². The highest BCUT2D eigenvalue weighted by Gasteiger charge is 2.37. The largest absolute Gasteiger partial charge is 0.455 e. The van der Waals surface area contributed by atoms with Gasteiger partial charge in [-0.25, -0.2) is 0 Å². The molecule has 0 fully saturated rings. The number of halogens is 3. The van der Waals surface area contributed by atoms with E-state index in [-0.39, 0.29) is 12.4 Å². The monoisotopic (exact) mass is 289 g/mol. The molecule has 7 nitrogen and oxygen atoms in total. The minimum absolute atomic E-state index is 0.230. The molecule has 108 valence electrons. The number of aromatic amines is 1. The van der Waals surface area contributed by atoms with Crippen molar-refractivity contribution in [1.82, 2.24) is 25.2 Å². The molecule has 2 aromatic heterocycles. The van der Waals surface area contributed by atoms with Gasteiger partial charge in [-0.1, -0.05) is 5.16 Å². The van der Waals surface area contributed by atoms with Crippen molar-refractivity contribution < 1.29 is 22.5 Å². The van der Waals surface area contributed by atoms with Gasteiger partial charge in [0.1, 0.15) is 0 Å². The van der Waals surface area contributed by atoms with Crippen molar-refractivity contribution >= 4 is 5.91 Å². The smallest absolute Gasteiger partial charge is 0.337 e. The molecule has 0 saturated heterocycles. The number of H-pyrrole nitrogens is 1. The fourth-order valence-corrected chi connectivity index (χ4v) is 1.48. The summed E-state index contributed by atoms with van der Waals surface area (Å²) in [4.78, 5) is 16.3. The molecule has 1 amide bonds. The maximum absolute atomic E-state index is 12.3. The van der Waals surface area contributed by atoms with E-state index in [1.54, 1.807) is 6.92 Å². The van der Waals surface area contributed by atoms with Gasteiger partial charge in [-0.05, 0) is 6.92 Å². The molecule has 0 unspecified atom stereocenters. The second kappa shape index (κ2) is 4.94. The van der Waals surface area contributed by atoms with Crippen LogP contribution in [0.4, 0.5) is 13.2 Å². The molecule has 10 heteroatoms. The SMILES string of the molecule is Cc1[nH]ncc1C(=O)N(C)Cc1nc(C(F)(F)F)no1. The van der Waals surface area contributed by atoms with E-state index < -0.39 is 17.9 Å². The lowest BCUT2D eigenvalue weighted by molar-refractivity contribution is -0.146. The summed E-state index contributed by atoms with van der Waals surface area (Å²) < 4.78 is 41.3. The molecule has 0 bridgehead atoms. The van der Waals surface area contributed by atoms with Crippen molar-refractivity contribution in [1.29, 1.82) is 0 Å². The normalized spacial score (nSPS) is 11.7. The first-order chi connectivity index (χ1) is 9.29. The molecule has 0 aliphatic heterocycles. The third-order valence-electron chi connectivity index (χ3n) is 2.50. The Morgan fingerprint density at radius 2 is 2.20 bits per heavy atom. The van der Waals surface area contributed by atoms with Crippen LogP contribution in [0.1, 0.15) is 27.8 Å². The Labute approximate surface area is 110 Å². The third kappa shape index (κ3) is 2.78. The molecule has 0 aromatic carbocycles. The molecule has 1 N–H and O–H groups in total. The standard InChI is InChI=1S/C10H10F3N5O2/c1-5-6(3-14-16-5)8(19)18(2)4-7-15-9(17-20-7)10(11,12)13/h3H,4H2,1-2H3,(H,14,16). The van der Waals surface area contributed by atoms with Crippen molar-refractivity contribution in [2.24, 2.45) is 0 Å². The van der Waals surface area contributed by atoms with Gasteiger partial charge in [-0.2, -0.15) is 23.3 Å². The number of aryl methyl sites for hydroxylation is 1. The van der Waals surface area contributed by atoms with E-state index in [0.29, 0.717) is 11.3 Å². The maximum atomic E-state index is 12.3. The van der Waals surface area contributed by atoms with Crippen molar-refractivity contribution in [2.75, 3.05) is 7.05 Å². The number of amides is 1. The van der Waals surface area contributed by atoms with E-state index in [4.69, 9.17) is 0 Å². The third-order valence-corrected chi connectivity index (χ3v) is 2.50. The van der Waals surface area contributed by atoms with Gasteiger partial charge < -0.3 is 9.42 Å². The average molecular weight is 289 g/mol. The second-order valence-corrected chi connectivity index (χ2v) is 4.08. The van der Waals surface area contributed by atoms with Crippen LogP contribution < -0.4 is 0 Å². The Morgan fingerprint density at radius 1 is 1.50 bits per heavy atom. The molecule has 2 heterocycles. The highest BCUT2D eigenvalue weighted by atomic mass is 19.4. The molecule has 0 spiro atoms. The number of nitrogens with one attached hydrogen (secondary N) is 1. The van der Waals surface area contributed by atoms with Crippen molar-refractivity contribution in [3.05, 3.63) is 29.2 Å². The molecular formula is C10H10F3N5O2. The highest BCUT2D eigenvalue weighted by Crippen LogP contribution is 2.26. The van der Waals surface area contributed by atoms with Crippen LogP contribution in [0.5, 0.6) is 0 Å². The highest BCUT2D eigenvalue weighted by molar-refractivity contribution is 5.94. The molecular weight excluding hydrogens is 279 g/mol. The Morgan fingerprint density at radius 3 is 2.70 bits per heavy atom. The van der Waals surface area contributed by atoms with E-state index >= 15 is 0 Å². The van der Waals surface area contributed by atoms with Gasteiger partial charge in [-0.15, -0.1) is 0 Å². The Bertz CT molecular complexity index is 618. The summed E-state index contributed by atoms with van der Waals surface area (Å²) >= 11 is 0. The van der Waals surface area contributed by atoms with Crippen LogP contribution in [0.3, 0.4) is 0 Å². The predicted octanol–water partition coefficient (Wildman–Crippen LogP) is 1.39. The molecule has 0 radical (unpaired) electrons. The first-order valence-corrected chi connectivity index (χ1v) is 5.44. The number of aromatic nitrogens is 4. The van der Waals surface area contributed by atoms with Crippen LogP contribution in [0.25, 0.3) is 0 Å². The Hall–Kier alpha value is -2.39. The van der Waals surface area contributed by atoms with Crippen molar-refractivity contribution in [3.63, 3.8) is 0 Å². The van der Waals surface area contributed by atoms with E-state index in [1.807, 2.05) is 0 Å². The minimum atomic E-state index is -4.68. The molecule has 20 heavy (non-hydrogen) atoms. The first-order valence-electron chi connectivity index (χ1n) is 5.44. The number of carbonyl (C=O) groups excluding carboxylic acids is 1. The lowest BCUT2D eigenvalue weighted by Crippen LogP contribution is -2.26. The minimum Gasteiger partial charge on any atom is -0.337 e. The fraction of sp³-hybridized carbons (Fsp3) is 0.400. The first kappa shape index (κ1) is 14.0. The molecule has 2 rings (SSSR count). The number of hydrogen-bond donors (Lipinski definition) is 1. The lowest BCUT2D eigenvalue weighted by atomic mass is 10.2. The number of nitrogens with zero attached hydrogens (tertiary/aromatic N) is 4. The summed E-state index contributed by atoms with van der Waals surface area (Å²) in [6.07, 6.45) is -3.34. The van der Waals surface area contributed by atoms with Gasteiger partial charge >= 0.3 is 6.18 Å². The zero-order valence-corrected chi connectivity index (χ0v) is 10.5. The summed E-state index contributed by atoms with van der Waals surface area (Å²) in [7, 11) is 1.41. The van der Waals surface area contributed by atoms with E-state index in [2.05, 4.69) is 24.9 Å². The van der Waals surface area contributed by atoms with Crippen LogP contribution in [-0.2, 0) is 12.7 Å². The van der Waals surface area contributed by atoms with Crippen LogP contribution >= 0.6 is 0 Å². The van der Waals surface area contributed by atoms with Crippen molar-refractivity contribution in [3.8, 4) is 0 Å². The van der Waals surface area contributed by atoms with Crippen LogP contribution in [-0.4, -0.2) is 38.2 Å². The quantitative estimate of drug-likeness (QED) is 0.922. The van der Waals surface area contributed by atoms with Gasteiger partial charge in [0, 0.05) is 12.7 Å². The number of hydrogen-bond acceptors (Lipinski definition) is 5. The maximum Gasteiger partial charge on any atom is 0.455 e. The topological polar surface area (TPSA) is 87.9 Å². The Kier molecular flexibility index (Phi) is 3.47. The summed E-state index contributed by atoms with van der Waals surface area (Å²) in [6, 6.07) is 0. The molecule has 0 aliphatic carbocycles. The molecule has 0 atom stereocenters. The van der Waals surface area contributed by atoms with Gasteiger partial charge in [0.25, 0.3) is 11.7 Å². The van der Waals surface area contributed by atoms with E-state index in [1.165, 1.54) is 13.2 Å². The average Bonchev–Trinajstić information content (AvgIpc) is 2.96. The summed E-state index contributed by atoms with van der Waals surface area (Å²) in [5.41, 5.74) is 0.881. The van der Waals surface area contributed by atoms with E-state index in [0.717, 1.165) is 4.90 Å². The number of carbonyl (C=O) groups is 1. The zero-order valence-electron chi connectivity index (χ0n) is 10.5. The van der Waals surface area contributed by atoms with Gasteiger partial charge in [0.15, 0.2) is 0 Å². The summed E-state index contributed by atoms with van der Waals surface area (Å²) in [6.45, 7) is 1.43. The van der Waals surface area contributed by atoms with Crippen molar-refractivity contribution in [2.45, 2.75) is 19.6 Å². The Balaban J connectivity index is 2.08. The van der Waals surface area contributed by atoms with Crippen LogP contribution in [0.2, 0.25) is 0 Å². The fourth-order valence-electron chi connectivity index (χ4n) is 1.48. The molecule has 0 saturated carbocycles. The zero-order chi connectivity index (χ0) is 14.9. The summed E-state index contributed by atoms with van der Waals surface area (Å²) in [5, 5.41) is 9.10. The molecule has 2 aromatic rings. The lowest BCUT2D eigenvalue weighted by Gasteiger charge is -2.13. The van der Waals surface area contributed by atoms with Gasteiger partial charge in [-0.3, -0.25) is 9.89 Å². The molecule has 0 aliphatic rings. The summed E-state index contributed by atoms with van der Waals surface area (Å²) in [5.74, 6) is -2.08. The predicted molar refractivity (Wildman–Crippen MR) is 58.4 cm³/mol. The number of alkyl halides is 3. The van der Waals surface area contributed by atoms with Gasteiger partial charge in [0.05, 0.1) is 18.3 Å². The van der Waals surface area contributed by atoms with E-state index in [9.17, 15) is 18.0 Å². The second-order valence-electron chi connectivity index (χ2n) is 4.08.